The topological polar surface area (TPSA) is 21.3 Å². The molecule has 4 unspecified atom stereocenters. The fourth-order valence-corrected chi connectivity index (χ4v) is 4.70. The van der Waals surface area contributed by atoms with Gasteiger partial charge in [0.05, 0.1) is 6.61 Å². The molecule has 0 saturated heterocycles. The number of ether oxygens (including phenoxy) is 1. The highest BCUT2D eigenvalue weighted by Gasteiger charge is 2.39. The van der Waals surface area contributed by atoms with Gasteiger partial charge in [0.2, 0.25) is 0 Å². The van der Waals surface area contributed by atoms with E-state index in [1.165, 1.54) is 37.8 Å². The van der Waals surface area contributed by atoms with E-state index in [1.54, 1.807) is 0 Å². The van der Waals surface area contributed by atoms with Crippen molar-refractivity contribution in [3.05, 3.63) is 29.8 Å². The van der Waals surface area contributed by atoms with Crippen LogP contribution in [0.5, 0.6) is 5.75 Å². The maximum absolute atomic E-state index is 5.75. The molecular weight excluding hydrogens is 246 g/mol. The summed E-state index contributed by atoms with van der Waals surface area (Å²) >= 11 is 0. The van der Waals surface area contributed by atoms with Crippen LogP contribution in [0.4, 0.5) is 0 Å². The van der Waals surface area contributed by atoms with E-state index in [4.69, 9.17) is 4.74 Å². The minimum Gasteiger partial charge on any atom is -0.493 e. The third-order valence-corrected chi connectivity index (χ3v) is 5.76. The second-order valence-electron chi connectivity index (χ2n) is 6.97. The van der Waals surface area contributed by atoms with Crippen molar-refractivity contribution < 1.29 is 4.74 Å². The van der Waals surface area contributed by atoms with Gasteiger partial charge in [0.1, 0.15) is 5.75 Å². The molecule has 108 valence electrons. The van der Waals surface area contributed by atoms with Crippen LogP contribution in [0.1, 0.15) is 43.6 Å². The number of rotatable bonds is 4. The van der Waals surface area contributed by atoms with Crippen molar-refractivity contribution in [1.82, 2.24) is 5.32 Å². The zero-order valence-electron chi connectivity index (χ0n) is 12.2. The summed E-state index contributed by atoms with van der Waals surface area (Å²) in [7, 11) is 0. The van der Waals surface area contributed by atoms with E-state index < -0.39 is 0 Å². The average molecular weight is 271 g/mol. The second kappa shape index (κ2) is 5.40. The Labute approximate surface area is 121 Å². The molecule has 1 N–H and O–H groups in total. The van der Waals surface area contributed by atoms with Crippen molar-refractivity contribution in [3.8, 4) is 5.75 Å². The van der Waals surface area contributed by atoms with Crippen molar-refractivity contribution in [1.29, 1.82) is 0 Å². The van der Waals surface area contributed by atoms with Crippen molar-refractivity contribution in [2.45, 2.75) is 38.0 Å². The molecular formula is C18H25NO. The minimum atomic E-state index is 0.638. The van der Waals surface area contributed by atoms with Gasteiger partial charge < -0.3 is 10.1 Å². The summed E-state index contributed by atoms with van der Waals surface area (Å²) in [5, 5.41) is 3.77. The summed E-state index contributed by atoms with van der Waals surface area (Å²) in [6.45, 7) is 3.23. The van der Waals surface area contributed by atoms with Gasteiger partial charge in [-0.15, -0.1) is 0 Å². The molecule has 0 amide bonds. The molecule has 2 saturated carbocycles. The standard InChI is InChI=1S/C18H25NO/c1-2-4-18-17(3-1)15(7-8-20-18)11-19-12-16-10-13-5-6-14(16)9-13/h1-4,13-16,19H,5-12H2. The third kappa shape index (κ3) is 2.35. The van der Waals surface area contributed by atoms with Gasteiger partial charge in [-0.25, -0.2) is 0 Å². The molecule has 0 spiro atoms. The molecule has 1 aromatic rings. The van der Waals surface area contributed by atoms with Gasteiger partial charge in [0.15, 0.2) is 0 Å². The predicted octanol–water partition coefficient (Wildman–Crippen LogP) is 3.58. The first kappa shape index (κ1) is 12.7. The van der Waals surface area contributed by atoms with Crippen molar-refractivity contribution in [2.24, 2.45) is 17.8 Å². The molecule has 4 rings (SSSR count). The SMILES string of the molecule is c1ccc2c(c1)OCCC2CNCC1CC2CCC1C2. The fourth-order valence-electron chi connectivity index (χ4n) is 4.70. The van der Waals surface area contributed by atoms with Gasteiger partial charge in [-0.3, -0.25) is 0 Å². The van der Waals surface area contributed by atoms with Crippen LogP contribution >= 0.6 is 0 Å². The Balaban J connectivity index is 1.32. The monoisotopic (exact) mass is 271 g/mol. The van der Waals surface area contributed by atoms with E-state index in [1.807, 2.05) is 0 Å². The maximum Gasteiger partial charge on any atom is 0.122 e. The number of hydrogen-bond donors (Lipinski definition) is 1. The third-order valence-electron chi connectivity index (χ3n) is 5.76. The summed E-state index contributed by atoms with van der Waals surface area (Å²) in [5.41, 5.74) is 1.40. The summed E-state index contributed by atoms with van der Waals surface area (Å²) in [6, 6.07) is 8.55. The Hall–Kier alpha value is -1.02. The lowest BCUT2D eigenvalue weighted by molar-refractivity contribution is 0.259. The first-order chi connectivity index (χ1) is 9.90. The van der Waals surface area contributed by atoms with Crippen LogP contribution in [0.3, 0.4) is 0 Å². The van der Waals surface area contributed by atoms with Gasteiger partial charge in [0, 0.05) is 12.5 Å². The lowest BCUT2D eigenvalue weighted by atomic mass is 9.88. The first-order valence-electron chi connectivity index (χ1n) is 8.32. The Morgan fingerprint density at radius 1 is 1.05 bits per heavy atom. The molecule has 2 heteroatoms. The zero-order chi connectivity index (χ0) is 13.4. The molecule has 0 aromatic heterocycles. The van der Waals surface area contributed by atoms with Gasteiger partial charge >= 0.3 is 0 Å². The van der Waals surface area contributed by atoms with E-state index in [0.29, 0.717) is 5.92 Å². The van der Waals surface area contributed by atoms with Crippen molar-refractivity contribution in [2.75, 3.05) is 19.7 Å². The minimum absolute atomic E-state index is 0.638. The Morgan fingerprint density at radius 2 is 2.00 bits per heavy atom. The van der Waals surface area contributed by atoms with Crippen LogP contribution in [0.25, 0.3) is 0 Å². The highest BCUT2D eigenvalue weighted by molar-refractivity contribution is 5.37. The van der Waals surface area contributed by atoms with Gasteiger partial charge in [-0.2, -0.15) is 0 Å². The summed E-state index contributed by atoms with van der Waals surface area (Å²) < 4.78 is 5.75. The maximum atomic E-state index is 5.75. The van der Waals surface area contributed by atoms with Gasteiger partial charge in [0.25, 0.3) is 0 Å². The van der Waals surface area contributed by atoms with Crippen LogP contribution in [0.2, 0.25) is 0 Å². The Morgan fingerprint density at radius 3 is 2.85 bits per heavy atom. The van der Waals surface area contributed by atoms with Crippen LogP contribution < -0.4 is 10.1 Å². The number of fused-ring (bicyclic) bond motifs is 3. The quantitative estimate of drug-likeness (QED) is 0.904. The molecule has 2 aliphatic carbocycles. The molecule has 0 radical (unpaired) electrons. The van der Waals surface area contributed by atoms with E-state index >= 15 is 0 Å². The van der Waals surface area contributed by atoms with E-state index in [0.717, 1.165) is 43.1 Å². The van der Waals surface area contributed by atoms with Gasteiger partial charge in [-0.1, -0.05) is 24.6 Å². The first-order valence-corrected chi connectivity index (χ1v) is 8.32. The summed E-state index contributed by atoms with van der Waals surface area (Å²) in [6.07, 6.45) is 7.17. The van der Waals surface area contributed by atoms with Crippen LogP contribution in [-0.4, -0.2) is 19.7 Å². The predicted molar refractivity (Wildman–Crippen MR) is 81.1 cm³/mol. The smallest absolute Gasteiger partial charge is 0.122 e. The molecule has 1 aliphatic heterocycles. The molecule has 2 nitrogen and oxygen atoms in total. The lowest BCUT2D eigenvalue weighted by Gasteiger charge is -2.27. The van der Waals surface area contributed by atoms with Crippen molar-refractivity contribution in [3.63, 3.8) is 0 Å². The van der Waals surface area contributed by atoms with Crippen LogP contribution in [-0.2, 0) is 0 Å². The Kier molecular flexibility index (Phi) is 3.43. The molecule has 1 heterocycles. The van der Waals surface area contributed by atoms with E-state index in [-0.39, 0.29) is 0 Å². The Bertz CT molecular complexity index is 472. The van der Waals surface area contributed by atoms with E-state index in [9.17, 15) is 0 Å². The van der Waals surface area contributed by atoms with Crippen LogP contribution in [0, 0.1) is 17.8 Å². The number of para-hydroxylation sites is 1. The largest absolute Gasteiger partial charge is 0.493 e. The fraction of sp³-hybridized carbons (Fsp3) is 0.667. The normalized spacial score (nSPS) is 34.8. The van der Waals surface area contributed by atoms with E-state index in [2.05, 4.69) is 29.6 Å². The number of benzene rings is 1. The molecule has 4 atom stereocenters. The molecule has 2 fully saturated rings. The number of hydrogen-bond acceptors (Lipinski definition) is 2. The van der Waals surface area contributed by atoms with Gasteiger partial charge in [-0.05, 0) is 61.6 Å². The zero-order valence-corrected chi connectivity index (χ0v) is 12.2. The second-order valence-corrected chi connectivity index (χ2v) is 6.97. The lowest BCUT2D eigenvalue weighted by Crippen LogP contribution is -2.31. The summed E-state index contributed by atoms with van der Waals surface area (Å²) in [5.74, 6) is 4.80. The average Bonchev–Trinajstić information content (AvgIpc) is 3.10. The highest BCUT2D eigenvalue weighted by atomic mass is 16.5. The van der Waals surface area contributed by atoms with Crippen LogP contribution in [0.15, 0.2) is 24.3 Å². The number of nitrogens with one attached hydrogen (secondary N) is 1. The van der Waals surface area contributed by atoms with Crippen molar-refractivity contribution >= 4 is 0 Å². The molecule has 1 aromatic carbocycles. The molecule has 2 bridgehead atoms. The summed E-state index contributed by atoms with van der Waals surface area (Å²) in [4.78, 5) is 0. The highest BCUT2D eigenvalue weighted by Crippen LogP contribution is 2.48. The molecule has 3 aliphatic rings. The molecule has 20 heavy (non-hydrogen) atoms.